The standard InChI is InChI=1S/C18H23N3O6S2/c1-5-27-16-11-10-13(12-17(16)29(25,26)21(2)3)19-18(22)14-8-6-7-9-15(14)20-28(4,23)24/h6-12,20H,5H2,1-4H3,(H,19,22). The molecular formula is C18H23N3O6S2. The summed E-state index contributed by atoms with van der Waals surface area (Å²) in [6, 6.07) is 10.3. The second kappa shape index (κ2) is 8.80. The topological polar surface area (TPSA) is 122 Å². The number of hydrogen-bond donors (Lipinski definition) is 2. The van der Waals surface area contributed by atoms with Crippen LogP contribution in [0.2, 0.25) is 0 Å². The number of rotatable bonds is 8. The van der Waals surface area contributed by atoms with Crippen molar-refractivity contribution in [3.63, 3.8) is 0 Å². The fourth-order valence-corrected chi connectivity index (χ4v) is 4.06. The van der Waals surface area contributed by atoms with Gasteiger partial charge in [-0.25, -0.2) is 21.1 Å². The smallest absolute Gasteiger partial charge is 0.257 e. The molecule has 0 spiro atoms. The molecule has 9 nitrogen and oxygen atoms in total. The Morgan fingerprint density at radius 1 is 1.07 bits per heavy atom. The minimum Gasteiger partial charge on any atom is -0.492 e. The monoisotopic (exact) mass is 441 g/mol. The highest BCUT2D eigenvalue weighted by atomic mass is 32.2. The number of nitrogens with zero attached hydrogens (tertiary/aromatic N) is 1. The van der Waals surface area contributed by atoms with Gasteiger partial charge in [0.1, 0.15) is 10.6 Å². The van der Waals surface area contributed by atoms with E-state index in [1.54, 1.807) is 19.1 Å². The minimum atomic E-state index is -3.82. The van der Waals surface area contributed by atoms with Crippen molar-refractivity contribution in [2.75, 3.05) is 37.0 Å². The number of nitrogens with one attached hydrogen (secondary N) is 2. The van der Waals surface area contributed by atoms with Gasteiger partial charge in [-0.1, -0.05) is 12.1 Å². The minimum absolute atomic E-state index is 0.0869. The highest BCUT2D eigenvalue weighted by Gasteiger charge is 2.23. The Kier molecular flexibility index (Phi) is 6.88. The van der Waals surface area contributed by atoms with Crippen LogP contribution in [-0.4, -0.2) is 54.0 Å². The predicted octanol–water partition coefficient (Wildman–Crippen LogP) is 1.96. The van der Waals surface area contributed by atoms with E-state index in [-0.39, 0.29) is 34.2 Å². The Bertz CT molecular complexity index is 1110. The fourth-order valence-electron chi connectivity index (χ4n) is 2.43. The van der Waals surface area contributed by atoms with E-state index in [0.29, 0.717) is 0 Å². The maximum absolute atomic E-state index is 12.7. The molecular weight excluding hydrogens is 418 g/mol. The van der Waals surface area contributed by atoms with Gasteiger partial charge in [0.15, 0.2) is 0 Å². The summed E-state index contributed by atoms with van der Waals surface area (Å²) in [5, 5.41) is 2.59. The molecule has 0 atom stereocenters. The van der Waals surface area contributed by atoms with Crippen molar-refractivity contribution in [3.8, 4) is 5.75 Å². The molecule has 29 heavy (non-hydrogen) atoms. The van der Waals surface area contributed by atoms with Crippen molar-refractivity contribution < 1.29 is 26.4 Å². The summed E-state index contributed by atoms with van der Waals surface area (Å²) in [4.78, 5) is 12.6. The van der Waals surface area contributed by atoms with Gasteiger partial charge in [0.2, 0.25) is 20.0 Å². The van der Waals surface area contributed by atoms with Crippen LogP contribution in [0.1, 0.15) is 17.3 Å². The van der Waals surface area contributed by atoms with Gasteiger partial charge < -0.3 is 10.1 Å². The zero-order chi connectivity index (χ0) is 21.8. The highest BCUT2D eigenvalue weighted by Crippen LogP contribution is 2.29. The second-order valence-electron chi connectivity index (χ2n) is 6.26. The molecule has 2 N–H and O–H groups in total. The van der Waals surface area contributed by atoms with Crippen LogP contribution < -0.4 is 14.8 Å². The molecule has 0 aromatic heterocycles. The third-order valence-electron chi connectivity index (χ3n) is 3.73. The zero-order valence-electron chi connectivity index (χ0n) is 16.5. The van der Waals surface area contributed by atoms with Crippen LogP contribution in [0, 0.1) is 0 Å². The number of amides is 1. The van der Waals surface area contributed by atoms with Crippen molar-refractivity contribution >= 4 is 37.3 Å². The maximum Gasteiger partial charge on any atom is 0.257 e. The van der Waals surface area contributed by atoms with Gasteiger partial charge >= 0.3 is 0 Å². The molecule has 2 aromatic carbocycles. The summed E-state index contributed by atoms with van der Waals surface area (Å²) in [6.07, 6.45) is 0.979. The lowest BCUT2D eigenvalue weighted by atomic mass is 10.1. The molecule has 0 bridgehead atoms. The summed E-state index contributed by atoms with van der Waals surface area (Å²) in [5.41, 5.74) is 0.413. The van der Waals surface area contributed by atoms with E-state index >= 15 is 0 Å². The molecule has 0 aliphatic heterocycles. The molecule has 0 fully saturated rings. The van der Waals surface area contributed by atoms with Crippen molar-refractivity contribution in [1.29, 1.82) is 0 Å². The molecule has 2 rings (SSSR count). The normalized spacial score (nSPS) is 11.9. The van der Waals surface area contributed by atoms with E-state index < -0.39 is 26.0 Å². The van der Waals surface area contributed by atoms with E-state index in [9.17, 15) is 21.6 Å². The third-order valence-corrected chi connectivity index (χ3v) is 6.15. The summed E-state index contributed by atoms with van der Waals surface area (Å²) in [5.74, 6) is -0.438. The van der Waals surface area contributed by atoms with Gasteiger partial charge in [0.05, 0.1) is 24.1 Å². The van der Waals surface area contributed by atoms with Crippen LogP contribution in [0.3, 0.4) is 0 Å². The van der Waals surface area contributed by atoms with Crippen LogP contribution in [0.5, 0.6) is 5.75 Å². The Balaban J connectivity index is 2.42. The van der Waals surface area contributed by atoms with E-state index in [2.05, 4.69) is 10.0 Å². The molecule has 11 heteroatoms. The number of para-hydroxylation sites is 1. The van der Waals surface area contributed by atoms with Crippen molar-refractivity contribution in [2.45, 2.75) is 11.8 Å². The van der Waals surface area contributed by atoms with Gasteiger partial charge in [-0.15, -0.1) is 0 Å². The Morgan fingerprint density at radius 2 is 1.72 bits per heavy atom. The first-order chi connectivity index (χ1) is 13.5. The second-order valence-corrected chi connectivity index (χ2v) is 10.1. The third kappa shape index (κ3) is 5.68. The lowest BCUT2D eigenvalue weighted by molar-refractivity contribution is 0.102. The summed E-state index contributed by atoms with van der Waals surface area (Å²) in [7, 11) is -4.62. The average molecular weight is 442 g/mol. The number of hydrogen-bond acceptors (Lipinski definition) is 6. The summed E-state index contributed by atoms with van der Waals surface area (Å²) >= 11 is 0. The average Bonchev–Trinajstić information content (AvgIpc) is 2.62. The lowest BCUT2D eigenvalue weighted by Crippen LogP contribution is -2.23. The van der Waals surface area contributed by atoms with Crippen LogP contribution in [0.15, 0.2) is 47.4 Å². The summed E-state index contributed by atoms with van der Waals surface area (Å²) in [6.45, 7) is 2.00. The number of sulfonamides is 2. The molecule has 2 aromatic rings. The molecule has 158 valence electrons. The molecule has 0 aliphatic carbocycles. The van der Waals surface area contributed by atoms with Crippen LogP contribution in [-0.2, 0) is 20.0 Å². The first-order valence-corrected chi connectivity index (χ1v) is 11.9. The van der Waals surface area contributed by atoms with E-state index in [1.807, 2.05) is 0 Å². The van der Waals surface area contributed by atoms with E-state index in [0.717, 1.165) is 10.6 Å². The maximum atomic E-state index is 12.7. The number of carbonyl (C=O) groups excluding carboxylic acids is 1. The van der Waals surface area contributed by atoms with Crippen LogP contribution >= 0.6 is 0 Å². The number of ether oxygens (including phenoxy) is 1. The van der Waals surface area contributed by atoms with E-state index in [4.69, 9.17) is 4.74 Å². The number of anilines is 2. The van der Waals surface area contributed by atoms with Gasteiger partial charge in [-0.2, -0.15) is 0 Å². The Hall–Kier alpha value is -2.63. The molecule has 0 saturated heterocycles. The van der Waals surface area contributed by atoms with Crippen molar-refractivity contribution in [3.05, 3.63) is 48.0 Å². The molecule has 0 heterocycles. The van der Waals surface area contributed by atoms with E-state index in [1.165, 1.54) is 44.4 Å². The highest BCUT2D eigenvalue weighted by molar-refractivity contribution is 7.92. The molecule has 0 radical (unpaired) electrons. The van der Waals surface area contributed by atoms with Gasteiger partial charge in [0.25, 0.3) is 5.91 Å². The van der Waals surface area contributed by atoms with Gasteiger partial charge in [0, 0.05) is 19.8 Å². The molecule has 0 unspecified atom stereocenters. The Labute approximate surface area is 170 Å². The van der Waals surface area contributed by atoms with Gasteiger partial charge in [-0.05, 0) is 37.3 Å². The first-order valence-electron chi connectivity index (χ1n) is 8.53. The van der Waals surface area contributed by atoms with Gasteiger partial charge in [-0.3, -0.25) is 9.52 Å². The van der Waals surface area contributed by atoms with Crippen LogP contribution in [0.4, 0.5) is 11.4 Å². The number of benzene rings is 2. The predicted molar refractivity (Wildman–Crippen MR) is 111 cm³/mol. The quantitative estimate of drug-likeness (QED) is 0.646. The molecule has 1 amide bonds. The molecule has 0 saturated carbocycles. The summed E-state index contributed by atoms with van der Waals surface area (Å²) < 4.78 is 57.0. The lowest BCUT2D eigenvalue weighted by Gasteiger charge is -2.17. The van der Waals surface area contributed by atoms with Crippen molar-refractivity contribution in [2.24, 2.45) is 0 Å². The Morgan fingerprint density at radius 3 is 2.31 bits per heavy atom. The molecule has 0 aliphatic rings. The number of carbonyl (C=O) groups is 1. The largest absolute Gasteiger partial charge is 0.492 e. The van der Waals surface area contributed by atoms with Crippen molar-refractivity contribution in [1.82, 2.24) is 4.31 Å². The van der Waals surface area contributed by atoms with Crippen LogP contribution in [0.25, 0.3) is 0 Å². The SMILES string of the molecule is CCOc1ccc(NC(=O)c2ccccc2NS(C)(=O)=O)cc1S(=O)(=O)N(C)C. The fraction of sp³-hybridized carbons (Fsp3) is 0.278. The zero-order valence-corrected chi connectivity index (χ0v) is 18.1. The first kappa shape index (κ1) is 22.7.